The standard InChI is InChI=1S/C29H39N3O5S/c1-8-18-32(27(34)24(17-19-38-7)31-28(35)37-29(3,4)5)25(23-12-10-9-11-20(23)2)26(33)30-21-13-15-22(36-6)16-14-21/h8-16,24-25H,1,17-19H2,2-7H3,(H,30,33)(H,31,35). The van der Waals surface area contributed by atoms with Crippen molar-refractivity contribution in [1.82, 2.24) is 10.2 Å². The molecule has 2 atom stereocenters. The minimum absolute atomic E-state index is 0.0969. The van der Waals surface area contributed by atoms with Crippen LogP contribution in [-0.4, -0.2) is 60.1 Å². The number of carbonyl (C=O) groups excluding carboxylic acids is 3. The maximum Gasteiger partial charge on any atom is 0.408 e. The van der Waals surface area contributed by atoms with Crippen LogP contribution in [0.3, 0.4) is 0 Å². The van der Waals surface area contributed by atoms with Crippen LogP contribution in [0.25, 0.3) is 0 Å². The average Bonchev–Trinajstić information content (AvgIpc) is 2.86. The monoisotopic (exact) mass is 541 g/mol. The lowest BCUT2D eigenvalue weighted by molar-refractivity contribution is -0.140. The molecule has 0 bridgehead atoms. The van der Waals surface area contributed by atoms with Gasteiger partial charge in [0.1, 0.15) is 23.4 Å². The Balaban J connectivity index is 2.48. The first-order chi connectivity index (χ1) is 18.0. The maximum atomic E-state index is 14.0. The molecule has 2 rings (SSSR count). The van der Waals surface area contributed by atoms with Crippen molar-refractivity contribution >= 4 is 35.4 Å². The van der Waals surface area contributed by atoms with E-state index in [-0.39, 0.29) is 12.5 Å². The molecule has 0 aliphatic heterocycles. The summed E-state index contributed by atoms with van der Waals surface area (Å²) in [6.45, 7) is 11.1. The predicted octanol–water partition coefficient (Wildman–Crippen LogP) is 5.34. The van der Waals surface area contributed by atoms with Gasteiger partial charge in [0.25, 0.3) is 5.91 Å². The van der Waals surface area contributed by atoms with E-state index < -0.39 is 29.7 Å². The summed E-state index contributed by atoms with van der Waals surface area (Å²) < 4.78 is 10.6. The highest BCUT2D eigenvalue weighted by atomic mass is 32.2. The molecule has 3 amide bonds. The molecule has 0 aliphatic rings. The Morgan fingerprint density at radius 1 is 1.11 bits per heavy atom. The van der Waals surface area contributed by atoms with Crippen LogP contribution in [0, 0.1) is 6.92 Å². The molecule has 0 spiro atoms. The number of thioether (sulfide) groups is 1. The van der Waals surface area contributed by atoms with Crippen molar-refractivity contribution in [2.75, 3.05) is 31.0 Å². The summed E-state index contributed by atoms with van der Waals surface area (Å²) in [4.78, 5) is 41.9. The van der Waals surface area contributed by atoms with Crippen LogP contribution in [0.4, 0.5) is 10.5 Å². The summed E-state index contributed by atoms with van der Waals surface area (Å²) in [5.41, 5.74) is 1.37. The van der Waals surface area contributed by atoms with E-state index in [9.17, 15) is 14.4 Å². The highest BCUT2D eigenvalue weighted by Gasteiger charge is 2.36. The first-order valence-electron chi connectivity index (χ1n) is 12.4. The number of anilines is 1. The molecule has 38 heavy (non-hydrogen) atoms. The van der Waals surface area contributed by atoms with E-state index in [0.29, 0.717) is 29.2 Å². The minimum atomic E-state index is -0.971. The molecular formula is C29H39N3O5S. The summed E-state index contributed by atoms with van der Waals surface area (Å²) in [7, 11) is 1.57. The molecule has 2 aromatic rings. The van der Waals surface area contributed by atoms with Crippen LogP contribution < -0.4 is 15.4 Å². The first kappa shape index (κ1) is 30.8. The fourth-order valence-electron chi connectivity index (χ4n) is 3.83. The largest absolute Gasteiger partial charge is 0.497 e. The van der Waals surface area contributed by atoms with Crippen molar-refractivity contribution in [3.05, 3.63) is 72.3 Å². The van der Waals surface area contributed by atoms with Crippen LogP contribution in [0.2, 0.25) is 0 Å². The fourth-order valence-corrected chi connectivity index (χ4v) is 4.31. The summed E-state index contributed by atoms with van der Waals surface area (Å²) >= 11 is 1.56. The minimum Gasteiger partial charge on any atom is -0.497 e. The Morgan fingerprint density at radius 3 is 2.32 bits per heavy atom. The fraction of sp³-hybridized carbons (Fsp3) is 0.414. The van der Waals surface area contributed by atoms with Gasteiger partial charge in [0.05, 0.1) is 7.11 Å². The molecule has 2 N–H and O–H groups in total. The van der Waals surface area contributed by atoms with Crippen molar-refractivity contribution in [2.45, 2.75) is 51.8 Å². The molecule has 0 fully saturated rings. The Kier molecular flexibility index (Phi) is 11.7. The molecule has 0 radical (unpaired) electrons. The van der Waals surface area contributed by atoms with Crippen molar-refractivity contribution in [2.24, 2.45) is 0 Å². The smallest absolute Gasteiger partial charge is 0.408 e. The molecular weight excluding hydrogens is 502 g/mol. The second-order valence-corrected chi connectivity index (χ2v) is 10.7. The number of carbonyl (C=O) groups is 3. The summed E-state index contributed by atoms with van der Waals surface area (Å²) in [5.74, 6) is 0.497. The van der Waals surface area contributed by atoms with E-state index >= 15 is 0 Å². The van der Waals surface area contributed by atoms with E-state index in [1.807, 2.05) is 37.4 Å². The third-order valence-electron chi connectivity index (χ3n) is 5.61. The van der Waals surface area contributed by atoms with E-state index in [4.69, 9.17) is 9.47 Å². The summed E-state index contributed by atoms with van der Waals surface area (Å²) in [6.07, 6.45) is 3.18. The van der Waals surface area contributed by atoms with Crippen LogP contribution >= 0.6 is 11.8 Å². The number of hydrogen-bond donors (Lipinski definition) is 2. The van der Waals surface area contributed by atoms with Gasteiger partial charge in [-0.15, -0.1) is 6.58 Å². The lowest BCUT2D eigenvalue weighted by Gasteiger charge is -2.34. The quantitative estimate of drug-likeness (QED) is 0.352. The number of alkyl carbamates (subject to hydrolysis) is 1. The average molecular weight is 542 g/mol. The second kappa shape index (κ2) is 14.5. The number of rotatable bonds is 12. The van der Waals surface area contributed by atoms with E-state index in [2.05, 4.69) is 17.2 Å². The number of amides is 3. The second-order valence-electron chi connectivity index (χ2n) is 9.74. The predicted molar refractivity (Wildman–Crippen MR) is 154 cm³/mol. The molecule has 2 unspecified atom stereocenters. The Labute approximate surface area is 230 Å². The van der Waals surface area contributed by atoms with E-state index in [0.717, 1.165) is 5.56 Å². The van der Waals surface area contributed by atoms with Crippen molar-refractivity contribution in [1.29, 1.82) is 0 Å². The van der Waals surface area contributed by atoms with Gasteiger partial charge in [0.15, 0.2) is 0 Å². The zero-order chi connectivity index (χ0) is 28.3. The van der Waals surface area contributed by atoms with Gasteiger partial charge >= 0.3 is 6.09 Å². The highest BCUT2D eigenvalue weighted by Crippen LogP contribution is 2.28. The summed E-state index contributed by atoms with van der Waals surface area (Å²) in [6, 6.07) is 12.5. The Bertz CT molecular complexity index is 1100. The molecule has 8 nitrogen and oxygen atoms in total. The highest BCUT2D eigenvalue weighted by molar-refractivity contribution is 7.98. The molecule has 0 saturated heterocycles. The molecule has 9 heteroatoms. The zero-order valence-corrected chi connectivity index (χ0v) is 23.9. The van der Waals surface area contributed by atoms with Gasteiger partial charge in [0, 0.05) is 12.2 Å². The van der Waals surface area contributed by atoms with Crippen LogP contribution in [0.15, 0.2) is 61.2 Å². The van der Waals surface area contributed by atoms with Gasteiger partial charge < -0.3 is 25.0 Å². The van der Waals surface area contributed by atoms with Crippen molar-refractivity contribution < 1.29 is 23.9 Å². The van der Waals surface area contributed by atoms with Crippen LogP contribution in [-0.2, 0) is 14.3 Å². The van der Waals surface area contributed by atoms with Crippen molar-refractivity contribution in [3.63, 3.8) is 0 Å². The van der Waals surface area contributed by atoms with Crippen LogP contribution in [0.5, 0.6) is 5.75 Å². The van der Waals surface area contributed by atoms with Gasteiger partial charge in [-0.25, -0.2) is 4.79 Å². The van der Waals surface area contributed by atoms with E-state index in [1.54, 1.807) is 70.0 Å². The number of aryl methyl sites for hydroxylation is 1. The Morgan fingerprint density at radius 2 is 1.76 bits per heavy atom. The first-order valence-corrected chi connectivity index (χ1v) is 13.8. The number of hydrogen-bond acceptors (Lipinski definition) is 6. The molecule has 0 saturated carbocycles. The number of benzene rings is 2. The SMILES string of the molecule is C=CCN(C(=O)C(CCSC)NC(=O)OC(C)(C)C)C(C(=O)Nc1ccc(OC)cc1)c1ccccc1C. The number of nitrogens with zero attached hydrogens (tertiary/aromatic N) is 1. The zero-order valence-electron chi connectivity index (χ0n) is 23.1. The lowest BCUT2D eigenvalue weighted by Crippen LogP contribution is -2.52. The van der Waals surface area contributed by atoms with Gasteiger partial charge in [-0.3, -0.25) is 9.59 Å². The van der Waals surface area contributed by atoms with Gasteiger partial charge in [-0.05, 0) is 81.5 Å². The van der Waals surface area contributed by atoms with Crippen molar-refractivity contribution in [3.8, 4) is 5.75 Å². The number of methoxy groups -OCH3 is 1. The summed E-state index contributed by atoms with van der Waals surface area (Å²) in [5, 5.41) is 5.65. The molecule has 2 aromatic carbocycles. The maximum absolute atomic E-state index is 14.0. The number of nitrogens with one attached hydrogen (secondary N) is 2. The van der Waals surface area contributed by atoms with Gasteiger partial charge in [0.2, 0.25) is 5.91 Å². The van der Waals surface area contributed by atoms with Gasteiger partial charge in [-0.1, -0.05) is 30.3 Å². The third kappa shape index (κ3) is 9.13. The lowest BCUT2D eigenvalue weighted by atomic mass is 9.97. The normalized spacial score (nSPS) is 12.6. The van der Waals surface area contributed by atoms with Crippen LogP contribution in [0.1, 0.15) is 44.4 Å². The topological polar surface area (TPSA) is 97.0 Å². The van der Waals surface area contributed by atoms with Gasteiger partial charge in [-0.2, -0.15) is 11.8 Å². The molecule has 206 valence electrons. The molecule has 0 aliphatic carbocycles. The third-order valence-corrected chi connectivity index (χ3v) is 6.25. The molecule has 0 aromatic heterocycles. The number of ether oxygens (including phenoxy) is 2. The Hall–Kier alpha value is -3.46. The van der Waals surface area contributed by atoms with E-state index in [1.165, 1.54) is 4.90 Å². The molecule has 0 heterocycles.